The molecule has 1 atom stereocenters. The summed E-state index contributed by atoms with van der Waals surface area (Å²) < 4.78 is 15.0. The van der Waals surface area contributed by atoms with E-state index in [1.54, 1.807) is 29.3 Å². The van der Waals surface area contributed by atoms with E-state index in [0.717, 1.165) is 22.4 Å². The van der Waals surface area contributed by atoms with Crippen molar-refractivity contribution in [1.82, 2.24) is 24.6 Å². The van der Waals surface area contributed by atoms with Crippen LogP contribution >= 0.6 is 0 Å². The van der Waals surface area contributed by atoms with E-state index in [1.807, 2.05) is 37.4 Å². The zero-order chi connectivity index (χ0) is 22.8. The van der Waals surface area contributed by atoms with Gasteiger partial charge in [-0.3, -0.25) is 14.4 Å². The average molecular weight is 446 g/mol. The topological polar surface area (TPSA) is 79.2 Å². The monoisotopic (exact) mass is 445 g/mol. The lowest BCUT2D eigenvalue weighted by molar-refractivity contribution is -0.121. The molecule has 5 rings (SSSR count). The summed E-state index contributed by atoms with van der Waals surface area (Å²) in [5.74, 6) is 0.383. The molecule has 8 nitrogen and oxygen atoms in total. The number of benzene rings is 2. The summed E-state index contributed by atoms with van der Waals surface area (Å²) >= 11 is 0. The Morgan fingerprint density at radius 3 is 2.45 bits per heavy atom. The standard InChI is InChI=1S/C24H24FN7O/c1-30-22-20(15-28-30)23(27-16-26-22)32-13-11-31(12-14-32)21(17-5-3-2-4-6-17)24(33)29-19-9-7-18(25)8-10-19/h2-10,15-16,21H,11-14H2,1H3,(H,29,33). The minimum Gasteiger partial charge on any atom is -0.353 e. The van der Waals surface area contributed by atoms with Crippen LogP contribution in [0.3, 0.4) is 0 Å². The Kier molecular flexibility index (Phi) is 5.70. The number of nitrogens with zero attached hydrogens (tertiary/aromatic N) is 6. The number of nitrogens with one attached hydrogen (secondary N) is 1. The van der Waals surface area contributed by atoms with Crippen molar-refractivity contribution in [1.29, 1.82) is 0 Å². The highest BCUT2D eigenvalue weighted by molar-refractivity contribution is 5.95. The van der Waals surface area contributed by atoms with E-state index in [1.165, 1.54) is 12.1 Å². The van der Waals surface area contributed by atoms with Crippen LogP contribution in [0.4, 0.5) is 15.9 Å². The molecule has 33 heavy (non-hydrogen) atoms. The first-order valence-corrected chi connectivity index (χ1v) is 10.8. The van der Waals surface area contributed by atoms with Crippen LogP contribution in [0.2, 0.25) is 0 Å². The van der Waals surface area contributed by atoms with Crippen LogP contribution in [0.5, 0.6) is 0 Å². The molecule has 168 valence electrons. The van der Waals surface area contributed by atoms with E-state index < -0.39 is 6.04 Å². The van der Waals surface area contributed by atoms with Gasteiger partial charge in [-0.15, -0.1) is 0 Å². The van der Waals surface area contributed by atoms with Crippen LogP contribution in [0.25, 0.3) is 11.0 Å². The second kappa shape index (κ2) is 8.95. The molecule has 1 N–H and O–H groups in total. The van der Waals surface area contributed by atoms with Crippen molar-refractivity contribution in [2.24, 2.45) is 7.05 Å². The van der Waals surface area contributed by atoms with Gasteiger partial charge in [0.15, 0.2) is 5.65 Å². The largest absolute Gasteiger partial charge is 0.353 e. The van der Waals surface area contributed by atoms with E-state index in [-0.39, 0.29) is 11.7 Å². The van der Waals surface area contributed by atoms with Crippen LogP contribution < -0.4 is 10.2 Å². The van der Waals surface area contributed by atoms with Gasteiger partial charge in [0.2, 0.25) is 5.91 Å². The smallest absolute Gasteiger partial charge is 0.246 e. The molecular formula is C24H24FN7O. The van der Waals surface area contributed by atoms with Gasteiger partial charge in [-0.2, -0.15) is 5.10 Å². The lowest BCUT2D eigenvalue weighted by Gasteiger charge is -2.39. The molecule has 0 aliphatic carbocycles. The second-order valence-corrected chi connectivity index (χ2v) is 8.04. The molecule has 9 heteroatoms. The molecule has 1 fully saturated rings. The molecule has 1 amide bonds. The second-order valence-electron chi connectivity index (χ2n) is 8.04. The van der Waals surface area contributed by atoms with Gasteiger partial charge in [-0.1, -0.05) is 30.3 Å². The average Bonchev–Trinajstić information content (AvgIpc) is 3.23. The quantitative estimate of drug-likeness (QED) is 0.509. The molecule has 1 aliphatic rings. The highest BCUT2D eigenvalue weighted by atomic mass is 19.1. The molecule has 1 unspecified atom stereocenters. The third kappa shape index (κ3) is 4.27. The Bertz CT molecular complexity index is 1250. The van der Waals surface area contributed by atoms with Gasteiger partial charge in [0.1, 0.15) is 24.0 Å². The molecule has 3 heterocycles. The summed E-state index contributed by atoms with van der Waals surface area (Å²) in [5.41, 5.74) is 2.28. The number of halogens is 1. The number of rotatable bonds is 5. The summed E-state index contributed by atoms with van der Waals surface area (Å²) in [5, 5.41) is 8.16. The van der Waals surface area contributed by atoms with Crippen molar-refractivity contribution >= 4 is 28.4 Å². The van der Waals surface area contributed by atoms with E-state index in [4.69, 9.17) is 0 Å². The first-order valence-electron chi connectivity index (χ1n) is 10.8. The molecule has 1 aliphatic heterocycles. The molecule has 1 saturated heterocycles. The summed E-state index contributed by atoms with van der Waals surface area (Å²) in [7, 11) is 1.86. The predicted molar refractivity (Wildman–Crippen MR) is 124 cm³/mol. The lowest BCUT2D eigenvalue weighted by Crippen LogP contribution is -2.50. The number of carbonyl (C=O) groups excluding carboxylic acids is 1. The fraction of sp³-hybridized carbons (Fsp3) is 0.250. The highest BCUT2D eigenvalue weighted by Crippen LogP contribution is 2.28. The molecule has 2 aromatic heterocycles. The summed E-state index contributed by atoms with van der Waals surface area (Å²) in [6.45, 7) is 2.80. The first-order chi connectivity index (χ1) is 16.1. The van der Waals surface area contributed by atoms with E-state index >= 15 is 0 Å². The fourth-order valence-electron chi connectivity index (χ4n) is 4.30. The van der Waals surface area contributed by atoms with Gasteiger partial charge >= 0.3 is 0 Å². The lowest BCUT2D eigenvalue weighted by atomic mass is 10.0. The summed E-state index contributed by atoms with van der Waals surface area (Å²) in [4.78, 5) is 26.5. The van der Waals surface area contributed by atoms with Crippen molar-refractivity contribution < 1.29 is 9.18 Å². The van der Waals surface area contributed by atoms with Crippen molar-refractivity contribution in [2.75, 3.05) is 36.4 Å². The predicted octanol–water partition coefficient (Wildman–Crippen LogP) is 3.00. The van der Waals surface area contributed by atoms with Crippen molar-refractivity contribution in [3.05, 3.63) is 78.5 Å². The van der Waals surface area contributed by atoms with Crippen LogP contribution in [0, 0.1) is 5.82 Å². The van der Waals surface area contributed by atoms with E-state index in [2.05, 4.69) is 30.2 Å². The number of anilines is 2. The zero-order valence-corrected chi connectivity index (χ0v) is 18.2. The zero-order valence-electron chi connectivity index (χ0n) is 18.2. The van der Waals surface area contributed by atoms with Gasteiger partial charge in [-0.25, -0.2) is 14.4 Å². The van der Waals surface area contributed by atoms with Gasteiger partial charge in [0.05, 0.1) is 11.6 Å². The molecule has 0 spiro atoms. The third-order valence-corrected chi connectivity index (χ3v) is 5.96. The Hall–Kier alpha value is -3.85. The third-order valence-electron chi connectivity index (χ3n) is 5.96. The van der Waals surface area contributed by atoms with Crippen LogP contribution in [0.1, 0.15) is 11.6 Å². The molecule has 0 bridgehead atoms. The van der Waals surface area contributed by atoms with Gasteiger partial charge < -0.3 is 10.2 Å². The Balaban J connectivity index is 1.36. The maximum Gasteiger partial charge on any atom is 0.246 e. The van der Waals surface area contributed by atoms with Gasteiger partial charge in [-0.05, 0) is 29.8 Å². The maximum atomic E-state index is 13.3. The Morgan fingerprint density at radius 1 is 1.00 bits per heavy atom. The number of fused-ring (bicyclic) bond motifs is 1. The van der Waals surface area contributed by atoms with Gasteiger partial charge in [0, 0.05) is 38.9 Å². The normalized spacial score (nSPS) is 15.5. The maximum absolute atomic E-state index is 13.3. The van der Waals surface area contributed by atoms with Crippen molar-refractivity contribution in [2.45, 2.75) is 6.04 Å². The molecule has 0 saturated carbocycles. The number of piperazine rings is 1. The number of aromatic nitrogens is 4. The van der Waals surface area contributed by atoms with Crippen LogP contribution in [-0.4, -0.2) is 56.7 Å². The Morgan fingerprint density at radius 2 is 1.73 bits per heavy atom. The minimum absolute atomic E-state index is 0.141. The van der Waals surface area contributed by atoms with Crippen molar-refractivity contribution in [3.8, 4) is 0 Å². The molecule has 2 aromatic carbocycles. The van der Waals surface area contributed by atoms with E-state index in [9.17, 15) is 9.18 Å². The number of hydrogen-bond donors (Lipinski definition) is 1. The van der Waals surface area contributed by atoms with Gasteiger partial charge in [0.25, 0.3) is 0 Å². The van der Waals surface area contributed by atoms with Crippen molar-refractivity contribution in [3.63, 3.8) is 0 Å². The minimum atomic E-state index is -0.456. The Labute approximate surface area is 190 Å². The molecular weight excluding hydrogens is 421 g/mol. The fourth-order valence-corrected chi connectivity index (χ4v) is 4.30. The highest BCUT2D eigenvalue weighted by Gasteiger charge is 2.31. The molecule has 4 aromatic rings. The molecule has 0 radical (unpaired) electrons. The summed E-state index contributed by atoms with van der Waals surface area (Å²) in [6, 6.07) is 15.1. The number of carbonyl (C=O) groups is 1. The van der Waals surface area contributed by atoms with Crippen LogP contribution in [0.15, 0.2) is 67.1 Å². The summed E-state index contributed by atoms with van der Waals surface area (Å²) in [6.07, 6.45) is 3.36. The number of amides is 1. The number of aryl methyl sites for hydroxylation is 1. The SMILES string of the molecule is Cn1ncc2c(N3CCN(C(C(=O)Nc4ccc(F)cc4)c4ccccc4)CC3)ncnc21. The first kappa shape index (κ1) is 21.0. The van der Waals surface area contributed by atoms with Crippen LogP contribution in [-0.2, 0) is 11.8 Å². The number of hydrogen-bond acceptors (Lipinski definition) is 6. The van der Waals surface area contributed by atoms with E-state index in [0.29, 0.717) is 31.9 Å².